The molecular weight excluding hydrogens is 304 g/mol. The summed E-state index contributed by atoms with van der Waals surface area (Å²) >= 11 is 0. The van der Waals surface area contributed by atoms with Gasteiger partial charge in [-0.2, -0.15) is 5.10 Å². The molecule has 2 rings (SSSR count). The van der Waals surface area contributed by atoms with Crippen LogP contribution >= 0.6 is 0 Å². The van der Waals surface area contributed by atoms with Crippen LogP contribution in [0.1, 0.15) is 44.2 Å². The number of aryl methyl sites for hydroxylation is 1. The number of hydrogen-bond donors (Lipinski definition) is 3. The quantitative estimate of drug-likeness (QED) is 0.531. The van der Waals surface area contributed by atoms with Gasteiger partial charge in [-0.25, -0.2) is 0 Å². The van der Waals surface area contributed by atoms with Gasteiger partial charge in [0.1, 0.15) is 0 Å². The number of aliphatic hydroxyl groups is 1. The first-order valence-electron chi connectivity index (χ1n) is 8.87. The third-order valence-corrected chi connectivity index (χ3v) is 4.54. The predicted octanol–water partition coefficient (Wildman–Crippen LogP) is 0.881. The second kappa shape index (κ2) is 9.03. The van der Waals surface area contributed by atoms with Gasteiger partial charge in [-0.05, 0) is 46.7 Å². The summed E-state index contributed by atoms with van der Waals surface area (Å²) in [5, 5.41) is 20.8. The molecule has 7 heteroatoms. The number of nitrogens with zero attached hydrogens (tertiary/aromatic N) is 4. The van der Waals surface area contributed by atoms with Gasteiger partial charge in [-0.15, -0.1) is 0 Å². The van der Waals surface area contributed by atoms with Crippen LogP contribution in [0.15, 0.2) is 17.4 Å². The van der Waals surface area contributed by atoms with Gasteiger partial charge in [-0.3, -0.25) is 9.67 Å². The van der Waals surface area contributed by atoms with E-state index in [2.05, 4.69) is 41.7 Å². The molecule has 0 saturated heterocycles. The summed E-state index contributed by atoms with van der Waals surface area (Å²) < 4.78 is 1.83. The minimum Gasteiger partial charge on any atom is -0.393 e. The molecule has 1 aromatic rings. The van der Waals surface area contributed by atoms with Gasteiger partial charge in [0.05, 0.1) is 24.9 Å². The first-order valence-corrected chi connectivity index (χ1v) is 8.87. The van der Waals surface area contributed by atoms with E-state index in [1.807, 2.05) is 24.1 Å². The normalized spacial score (nSPS) is 23.3. The van der Waals surface area contributed by atoms with Gasteiger partial charge in [0.25, 0.3) is 0 Å². The lowest BCUT2D eigenvalue weighted by molar-refractivity contribution is 0.120. The van der Waals surface area contributed by atoms with E-state index in [4.69, 9.17) is 4.99 Å². The Morgan fingerprint density at radius 3 is 2.67 bits per heavy atom. The molecule has 1 aliphatic rings. The lowest BCUT2D eigenvalue weighted by Gasteiger charge is -2.28. The number of likely N-dealkylation sites (N-methyl/N-ethyl adjacent to an activating group) is 1. The number of aliphatic imine (C=N–C) groups is 1. The fourth-order valence-electron chi connectivity index (χ4n) is 3.09. The minimum absolute atomic E-state index is 0.133. The van der Waals surface area contributed by atoms with E-state index in [9.17, 15) is 5.11 Å². The van der Waals surface area contributed by atoms with Gasteiger partial charge < -0.3 is 20.6 Å². The number of aliphatic hydroxyl groups excluding tert-OH is 1. The minimum atomic E-state index is -0.133. The van der Waals surface area contributed by atoms with Crippen LogP contribution in [0.2, 0.25) is 0 Å². The molecule has 1 aromatic heterocycles. The molecule has 3 N–H and O–H groups in total. The maximum absolute atomic E-state index is 9.64. The van der Waals surface area contributed by atoms with Crippen molar-refractivity contribution in [1.82, 2.24) is 25.3 Å². The SMILES string of the molecule is CCNC(=NCC(c1cnn(C)c1)N(C)C)NC1CCC(O)CC1. The average Bonchev–Trinajstić information content (AvgIpc) is 2.95. The van der Waals surface area contributed by atoms with Gasteiger partial charge in [0.2, 0.25) is 0 Å². The third-order valence-electron chi connectivity index (χ3n) is 4.54. The largest absolute Gasteiger partial charge is 0.393 e. The molecule has 136 valence electrons. The maximum Gasteiger partial charge on any atom is 0.191 e. The van der Waals surface area contributed by atoms with E-state index in [0.29, 0.717) is 12.6 Å². The van der Waals surface area contributed by atoms with Crippen molar-refractivity contribution in [2.75, 3.05) is 27.2 Å². The molecule has 7 nitrogen and oxygen atoms in total. The first-order chi connectivity index (χ1) is 11.5. The van der Waals surface area contributed by atoms with Gasteiger partial charge in [0, 0.05) is 31.4 Å². The lowest BCUT2D eigenvalue weighted by atomic mass is 9.93. The molecule has 0 bridgehead atoms. The molecule has 1 atom stereocenters. The monoisotopic (exact) mass is 336 g/mol. The van der Waals surface area contributed by atoms with Crippen molar-refractivity contribution >= 4 is 5.96 Å². The summed E-state index contributed by atoms with van der Waals surface area (Å²) in [4.78, 5) is 6.95. The summed E-state index contributed by atoms with van der Waals surface area (Å²) in [5.41, 5.74) is 1.17. The molecule has 0 aliphatic heterocycles. The molecule has 0 radical (unpaired) electrons. The Bertz CT molecular complexity index is 519. The van der Waals surface area contributed by atoms with E-state index in [1.54, 1.807) is 0 Å². The second-order valence-electron chi connectivity index (χ2n) is 6.80. The van der Waals surface area contributed by atoms with Crippen molar-refractivity contribution in [2.24, 2.45) is 12.0 Å². The highest BCUT2D eigenvalue weighted by Crippen LogP contribution is 2.19. The molecule has 1 fully saturated rings. The average molecular weight is 336 g/mol. The van der Waals surface area contributed by atoms with Crippen LogP contribution in [0.4, 0.5) is 0 Å². The summed E-state index contributed by atoms with van der Waals surface area (Å²) in [6.45, 7) is 3.58. The van der Waals surface area contributed by atoms with E-state index in [-0.39, 0.29) is 12.1 Å². The van der Waals surface area contributed by atoms with E-state index >= 15 is 0 Å². The topological polar surface area (TPSA) is 77.7 Å². The Morgan fingerprint density at radius 2 is 2.12 bits per heavy atom. The Hall–Kier alpha value is -1.60. The highest BCUT2D eigenvalue weighted by atomic mass is 16.3. The highest BCUT2D eigenvalue weighted by molar-refractivity contribution is 5.80. The van der Waals surface area contributed by atoms with Gasteiger partial charge >= 0.3 is 0 Å². The van der Waals surface area contributed by atoms with E-state index < -0.39 is 0 Å². The molecule has 0 spiro atoms. The van der Waals surface area contributed by atoms with Crippen LogP contribution in [0.5, 0.6) is 0 Å². The van der Waals surface area contributed by atoms with E-state index in [1.165, 1.54) is 5.56 Å². The number of nitrogens with one attached hydrogen (secondary N) is 2. The molecule has 24 heavy (non-hydrogen) atoms. The van der Waals surface area contributed by atoms with Crippen LogP contribution < -0.4 is 10.6 Å². The van der Waals surface area contributed by atoms with Crippen LogP contribution in [-0.4, -0.2) is 65.1 Å². The van der Waals surface area contributed by atoms with Crippen molar-refractivity contribution in [3.8, 4) is 0 Å². The van der Waals surface area contributed by atoms with Crippen LogP contribution in [0.25, 0.3) is 0 Å². The predicted molar refractivity (Wildman–Crippen MR) is 97.0 cm³/mol. The fourth-order valence-corrected chi connectivity index (χ4v) is 3.09. The fraction of sp³-hybridized carbons (Fsp3) is 0.765. The highest BCUT2D eigenvalue weighted by Gasteiger charge is 2.21. The van der Waals surface area contributed by atoms with Crippen molar-refractivity contribution in [1.29, 1.82) is 0 Å². The molecule has 1 aliphatic carbocycles. The Balaban J connectivity index is 2.00. The van der Waals surface area contributed by atoms with Crippen LogP contribution in [0, 0.1) is 0 Å². The lowest BCUT2D eigenvalue weighted by Crippen LogP contribution is -2.45. The zero-order chi connectivity index (χ0) is 17.5. The van der Waals surface area contributed by atoms with Crippen LogP contribution in [0.3, 0.4) is 0 Å². The number of rotatable bonds is 6. The Labute approximate surface area is 145 Å². The Kier molecular flexibility index (Phi) is 7.05. The number of aromatic nitrogens is 2. The van der Waals surface area contributed by atoms with Gasteiger partial charge in [0.15, 0.2) is 5.96 Å². The second-order valence-corrected chi connectivity index (χ2v) is 6.80. The van der Waals surface area contributed by atoms with Crippen molar-refractivity contribution in [3.05, 3.63) is 18.0 Å². The van der Waals surface area contributed by atoms with Gasteiger partial charge in [-0.1, -0.05) is 0 Å². The molecular formula is C17H32N6O. The Morgan fingerprint density at radius 1 is 1.42 bits per heavy atom. The molecule has 1 unspecified atom stereocenters. The van der Waals surface area contributed by atoms with Crippen molar-refractivity contribution in [2.45, 2.75) is 50.8 Å². The molecule has 0 aromatic carbocycles. The summed E-state index contributed by atoms with van der Waals surface area (Å²) in [6, 6.07) is 0.588. The summed E-state index contributed by atoms with van der Waals surface area (Å²) in [6.07, 6.45) is 7.54. The maximum atomic E-state index is 9.64. The van der Waals surface area contributed by atoms with Crippen molar-refractivity contribution < 1.29 is 5.11 Å². The summed E-state index contributed by atoms with van der Waals surface area (Å²) in [7, 11) is 6.06. The molecule has 0 amide bonds. The van der Waals surface area contributed by atoms with E-state index in [0.717, 1.165) is 38.2 Å². The smallest absolute Gasteiger partial charge is 0.191 e. The third kappa shape index (κ3) is 5.49. The molecule has 1 saturated carbocycles. The molecule has 1 heterocycles. The van der Waals surface area contributed by atoms with Crippen molar-refractivity contribution in [3.63, 3.8) is 0 Å². The van der Waals surface area contributed by atoms with Crippen LogP contribution in [-0.2, 0) is 7.05 Å². The standard InChI is InChI=1S/C17H32N6O/c1-5-18-17(21-14-6-8-15(24)9-7-14)19-11-16(22(2)3)13-10-20-23(4)12-13/h10,12,14-16,24H,5-9,11H2,1-4H3,(H2,18,19,21). The first kappa shape index (κ1) is 18.7. The summed E-state index contributed by atoms with van der Waals surface area (Å²) in [5.74, 6) is 0.856. The number of guanidine groups is 1. The zero-order valence-electron chi connectivity index (χ0n) is 15.4. The zero-order valence-corrected chi connectivity index (χ0v) is 15.4. The number of hydrogen-bond acceptors (Lipinski definition) is 4.